The maximum Gasteiger partial charge on any atom is 0.573 e. The minimum absolute atomic E-state index is 0.431. The molecular weight excluding hydrogens is 281 g/mol. The van der Waals surface area contributed by atoms with Gasteiger partial charge in [0.2, 0.25) is 11.4 Å². The molecule has 0 saturated heterocycles. The Bertz CT molecular complexity index is 441. The van der Waals surface area contributed by atoms with E-state index >= 15 is 0 Å². The Hall–Kier alpha value is -1.77. The number of nitro groups is 1. The van der Waals surface area contributed by atoms with E-state index in [1.807, 2.05) is 0 Å². The van der Waals surface area contributed by atoms with Crippen LogP contribution >= 0.6 is 11.6 Å². The van der Waals surface area contributed by atoms with Crippen molar-refractivity contribution in [3.63, 3.8) is 0 Å². The second-order valence-electron chi connectivity index (χ2n) is 2.90. The molecule has 6 nitrogen and oxygen atoms in total. The van der Waals surface area contributed by atoms with Crippen molar-refractivity contribution in [3.8, 4) is 11.5 Å². The van der Waals surface area contributed by atoms with Crippen LogP contribution in [0.2, 0.25) is 0 Å². The Morgan fingerprint density at radius 2 is 2.17 bits per heavy atom. The molecule has 0 fully saturated rings. The first kappa shape index (κ1) is 14.3. The molecule has 0 amide bonds. The summed E-state index contributed by atoms with van der Waals surface area (Å²) in [6.07, 6.45) is -4.98. The van der Waals surface area contributed by atoms with Crippen LogP contribution in [0.4, 0.5) is 19.0 Å². The maximum atomic E-state index is 12.2. The number of ether oxygens (including phenoxy) is 2. The predicted octanol–water partition coefficient (Wildman–Crippen LogP) is 2.64. The summed E-state index contributed by atoms with van der Waals surface area (Å²) >= 11 is 5.38. The monoisotopic (exact) mass is 286 g/mol. The Kier molecular flexibility index (Phi) is 4.17. The number of alkyl halides is 4. The van der Waals surface area contributed by atoms with Gasteiger partial charge in [0.25, 0.3) is 0 Å². The molecule has 0 spiro atoms. The molecule has 10 heteroatoms. The van der Waals surface area contributed by atoms with Gasteiger partial charge in [-0.15, -0.1) is 24.8 Å². The van der Waals surface area contributed by atoms with E-state index in [0.717, 1.165) is 13.2 Å². The summed E-state index contributed by atoms with van der Waals surface area (Å²) in [5.41, 5.74) is -0.431. The molecule has 1 aromatic heterocycles. The van der Waals surface area contributed by atoms with E-state index < -0.39 is 40.2 Å². The Morgan fingerprint density at radius 1 is 1.56 bits per heavy atom. The van der Waals surface area contributed by atoms with Crippen LogP contribution in [0.1, 0.15) is 5.69 Å². The van der Waals surface area contributed by atoms with E-state index in [4.69, 9.17) is 11.6 Å². The van der Waals surface area contributed by atoms with E-state index in [1.165, 1.54) is 0 Å². The van der Waals surface area contributed by atoms with E-state index in [9.17, 15) is 23.3 Å². The van der Waals surface area contributed by atoms with Gasteiger partial charge in [0.1, 0.15) is 0 Å². The number of hydrogen-bond donors (Lipinski definition) is 0. The van der Waals surface area contributed by atoms with Gasteiger partial charge in [-0.25, -0.2) is 0 Å². The van der Waals surface area contributed by atoms with Crippen LogP contribution in [0.3, 0.4) is 0 Å². The van der Waals surface area contributed by atoms with Crippen LogP contribution < -0.4 is 9.47 Å². The second-order valence-corrected chi connectivity index (χ2v) is 3.16. The fraction of sp³-hybridized carbons (Fsp3) is 0.375. The highest BCUT2D eigenvalue weighted by atomic mass is 35.5. The quantitative estimate of drug-likeness (QED) is 0.483. The zero-order valence-electron chi connectivity index (χ0n) is 8.82. The molecule has 0 saturated carbocycles. The summed E-state index contributed by atoms with van der Waals surface area (Å²) in [7, 11) is 1.04. The zero-order chi connectivity index (χ0) is 13.9. The molecule has 1 heterocycles. The first-order chi connectivity index (χ1) is 8.28. The third kappa shape index (κ3) is 3.36. The molecule has 1 rings (SSSR count). The van der Waals surface area contributed by atoms with Gasteiger partial charge in [-0.1, -0.05) is 0 Å². The van der Waals surface area contributed by atoms with Gasteiger partial charge < -0.3 is 19.6 Å². The lowest BCUT2D eigenvalue weighted by Crippen LogP contribution is -2.19. The van der Waals surface area contributed by atoms with Gasteiger partial charge in [-0.3, -0.25) is 0 Å². The summed E-state index contributed by atoms with van der Waals surface area (Å²) in [6.45, 7) is 0. The highest BCUT2D eigenvalue weighted by molar-refractivity contribution is 6.17. The van der Waals surface area contributed by atoms with Crippen LogP contribution in [0.5, 0.6) is 11.5 Å². The van der Waals surface area contributed by atoms with E-state index in [2.05, 4.69) is 14.5 Å². The number of rotatable bonds is 4. The lowest BCUT2D eigenvalue weighted by molar-refractivity contribution is -0.389. The van der Waals surface area contributed by atoms with Crippen molar-refractivity contribution >= 4 is 17.4 Å². The number of aromatic nitrogens is 1. The molecule has 0 radical (unpaired) electrons. The number of methoxy groups -OCH3 is 1. The van der Waals surface area contributed by atoms with Gasteiger partial charge in [-0.05, 0) is 9.91 Å². The van der Waals surface area contributed by atoms with Crippen LogP contribution in [0, 0.1) is 10.1 Å². The van der Waals surface area contributed by atoms with Crippen LogP contribution in [0.25, 0.3) is 0 Å². The standard InChI is InChI=1S/C8H6ClF3N2O4/c1-17-5-2-6(14(15)16)13-4(3-9)7(5)18-8(10,11)12/h2H,3H2,1H3. The van der Waals surface area contributed by atoms with Gasteiger partial charge in [-0.2, -0.15) is 0 Å². The molecular formula is C8H6ClF3N2O4. The number of nitrogens with zero attached hydrogens (tertiary/aromatic N) is 2. The van der Waals surface area contributed by atoms with Gasteiger partial charge in [0, 0.05) is 0 Å². The molecule has 0 N–H and O–H groups in total. The Balaban J connectivity index is 3.34. The van der Waals surface area contributed by atoms with Crippen LogP contribution in [-0.4, -0.2) is 23.4 Å². The highest BCUT2D eigenvalue weighted by Gasteiger charge is 2.36. The molecule has 0 atom stereocenters. The second kappa shape index (κ2) is 5.25. The molecule has 1 aromatic rings. The molecule has 0 unspecified atom stereocenters. The highest BCUT2D eigenvalue weighted by Crippen LogP contribution is 2.37. The largest absolute Gasteiger partial charge is 0.573 e. The number of hydrogen-bond acceptors (Lipinski definition) is 5. The first-order valence-electron chi connectivity index (χ1n) is 4.32. The molecule has 0 aliphatic heterocycles. The Labute approximate surface area is 103 Å². The molecule has 0 aliphatic rings. The van der Waals surface area contributed by atoms with E-state index in [0.29, 0.717) is 0 Å². The van der Waals surface area contributed by atoms with E-state index in [-0.39, 0.29) is 0 Å². The average Bonchev–Trinajstić information content (AvgIpc) is 2.26. The molecule has 0 aromatic carbocycles. The number of halogens is 4. The van der Waals surface area contributed by atoms with Crippen LogP contribution in [0.15, 0.2) is 6.07 Å². The van der Waals surface area contributed by atoms with Crippen molar-refractivity contribution in [3.05, 3.63) is 21.9 Å². The number of pyridine rings is 1. The third-order valence-corrected chi connectivity index (χ3v) is 2.00. The Morgan fingerprint density at radius 3 is 2.56 bits per heavy atom. The summed E-state index contributed by atoms with van der Waals surface area (Å²) in [4.78, 5) is 13.0. The van der Waals surface area contributed by atoms with Gasteiger partial charge in [0.05, 0.1) is 19.1 Å². The van der Waals surface area contributed by atoms with Crippen molar-refractivity contribution in [1.82, 2.24) is 4.98 Å². The average molecular weight is 287 g/mol. The van der Waals surface area contributed by atoms with Crippen molar-refractivity contribution in [2.45, 2.75) is 12.2 Å². The summed E-state index contributed by atoms with van der Waals surface area (Å²) < 4.78 is 44.7. The lowest BCUT2D eigenvalue weighted by atomic mass is 10.3. The van der Waals surface area contributed by atoms with Crippen LogP contribution in [-0.2, 0) is 5.88 Å². The van der Waals surface area contributed by atoms with Gasteiger partial charge >= 0.3 is 12.2 Å². The van der Waals surface area contributed by atoms with Crippen molar-refractivity contribution < 1.29 is 27.6 Å². The fourth-order valence-electron chi connectivity index (χ4n) is 1.11. The fourth-order valence-corrected chi connectivity index (χ4v) is 1.29. The van der Waals surface area contributed by atoms with Crippen molar-refractivity contribution in [2.24, 2.45) is 0 Å². The maximum absolute atomic E-state index is 12.2. The molecule has 0 bridgehead atoms. The minimum Gasteiger partial charge on any atom is -0.492 e. The molecule has 100 valence electrons. The van der Waals surface area contributed by atoms with Crippen molar-refractivity contribution in [1.29, 1.82) is 0 Å². The predicted molar refractivity (Wildman–Crippen MR) is 53.7 cm³/mol. The topological polar surface area (TPSA) is 74.5 Å². The normalized spacial score (nSPS) is 11.2. The SMILES string of the molecule is COc1cc([N+](=O)[O-])nc(CCl)c1OC(F)(F)F. The summed E-state index contributed by atoms with van der Waals surface area (Å²) in [5, 5.41) is 10.5. The first-order valence-corrected chi connectivity index (χ1v) is 4.86. The summed E-state index contributed by atoms with van der Waals surface area (Å²) in [6, 6.07) is 0.719. The lowest BCUT2D eigenvalue weighted by Gasteiger charge is -2.12. The third-order valence-electron chi connectivity index (χ3n) is 1.75. The van der Waals surface area contributed by atoms with Gasteiger partial charge in [0.15, 0.2) is 5.75 Å². The molecule has 18 heavy (non-hydrogen) atoms. The minimum atomic E-state index is -4.98. The molecule has 0 aliphatic carbocycles. The van der Waals surface area contributed by atoms with E-state index in [1.54, 1.807) is 0 Å². The summed E-state index contributed by atoms with van der Waals surface area (Å²) in [5.74, 6) is -2.43. The van der Waals surface area contributed by atoms with Crippen molar-refractivity contribution in [2.75, 3.05) is 7.11 Å². The zero-order valence-corrected chi connectivity index (χ0v) is 9.58. The smallest absolute Gasteiger partial charge is 0.492 e.